The Bertz CT molecular complexity index is 576. The number of ether oxygens (including phenoxy) is 2. The van der Waals surface area contributed by atoms with Crippen LogP contribution in [0.1, 0.15) is 40.0 Å². The molecule has 0 aliphatic heterocycles. The second-order valence-electron chi connectivity index (χ2n) is 7.98. The second-order valence-corrected chi connectivity index (χ2v) is 12.7. The highest BCUT2D eigenvalue weighted by Gasteiger charge is 2.55. The van der Waals surface area contributed by atoms with Gasteiger partial charge in [-0.3, -0.25) is 9.59 Å². The number of carbonyl (C=O) groups excluding carboxylic acids is 2. The molecule has 1 atom stereocenters. The van der Waals surface area contributed by atoms with E-state index in [0.29, 0.717) is 12.8 Å². The maximum absolute atomic E-state index is 12.5. The minimum Gasteiger partial charge on any atom is -0.547 e. The number of allylic oxidation sites excluding steroid dienone is 2. The number of terminal acetylenes is 1. The topological polar surface area (TPSA) is 61.8 Å². The van der Waals surface area contributed by atoms with Gasteiger partial charge in [-0.1, -0.05) is 20.8 Å². The van der Waals surface area contributed by atoms with Crippen molar-refractivity contribution in [1.29, 1.82) is 0 Å². The van der Waals surface area contributed by atoms with Gasteiger partial charge in [0.05, 0.1) is 20.0 Å². The molecular weight excluding hydrogens is 336 g/mol. The first-order chi connectivity index (χ1) is 11.5. The van der Waals surface area contributed by atoms with Gasteiger partial charge in [0.1, 0.15) is 0 Å². The molecule has 0 aromatic heterocycles. The average Bonchev–Trinajstić information content (AvgIpc) is 2.97. The summed E-state index contributed by atoms with van der Waals surface area (Å²) in [7, 11) is 0.515. The van der Waals surface area contributed by atoms with Crippen LogP contribution >= 0.6 is 0 Å². The third-order valence-electron chi connectivity index (χ3n) is 5.39. The van der Waals surface area contributed by atoms with E-state index in [1.54, 1.807) is 0 Å². The summed E-state index contributed by atoms with van der Waals surface area (Å²) in [5.41, 5.74) is -1.52. The molecule has 1 aliphatic rings. The van der Waals surface area contributed by atoms with E-state index in [2.05, 4.69) is 39.8 Å². The molecule has 0 N–H and O–H groups in total. The minimum absolute atomic E-state index is 0.0620. The van der Waals surface area contributed by atoms with E-state index < -0.39 is 31.6 Å². The summed E-state index contributed by atoms with van der Waals surface area (Å²) in [5, 5.41) is 0.0620. The average molecular weight is 367 g/mol. The Morgan fingerprint density at radius 2 is 1.76 bits per heavy atom. The first-order valence-corrected chi connectivity index (χ1v) is 11.4. The normalized spacial score (nSPS) is 18.2. The van der Waals surface area contributed by atoms with E-state index in [1.165, 1.54) is 14.2 Å². The molecule has 1 rings (SSSR count). The van der Waals surface area contributed by atoms with Crippen LogP contribution in [0.3, 0.4) is 0 Å². The molecule has 6 heteroatoms. The summed E-state index contributed by atoms with van der Waals surface area (Å²) in [6.45, 7) is 10.8. The SMILES string of the molecule is C#CCC(C(=O)OC)(C(=O)OC)C1C=C(O[Si](C)(C)C(C)(C)C)CC1. The lowest BCUT2D eigenvalue weighted by atomic mass is 9.72. The van der Waals surface area contributed by atoms with Gasteiger partial charge in [0.2, 0.25) is 8.32 Å². The minimum atomic E-state index is -1.99. The molecule has 5 nitrogen and oxygen atoms in total. The highest BCUT2D eigenvalue weighted by atomic mass is 28.4. The number of rotatable bonds is 6. The molecule has 0 radical (unpaired) electrons. The van der Waals surface area contributed by atoms with E-state index in [-0.39, 0.29) is 11.5 Å². The number of methoxy groups -OCH3 is 2. The van der Waals surface area contributed by atoms with Gasteiger partial charge in [0.15, 0.2) is 5.41 Å². The fourth-order valence-corrected chi connectivity index (χ4v) is 3.96. The first kappa shape index (κ1) is 21.3. The standard InChI is InChI=1S/C19H30O5Si/c1-9-12-19(16(20)22-5,17(21)23-6)14-10-11-15(13-14)24-25(7,8)18(2,3)4/h1,13-14H,10-12H2,2-8H3. The molecule has 0 bridgehead atoms. The highest BCUT2D eigenvalue weighted by Crippen LogP contribution is 2.45. The molecule has 0 saturated carbocycles. The van der Waals surface area contributed by atoms with Crippen LogP contribution in [-0.2, 0) is 23.5 Å². The maximum Gasteiger partial charge on any atom is 0.324 e. The number of hydrogen-bond acceptors (Lipinski definition) is 5. The van der Waals surface area contributed by atoms with Crippen LogP contribution in [0.2, 0.25) is 18.1 Å². The van der Waals surface area contributed by atoms with Crippen LogP contribution in [0.25, 0.3) is 0 Å². The Labute approximate surface area is 152 Å². The van der Waals surface area contributed by atoms with Crippen molar-refractivity contribution in [2.45, 2.75) is 58.2 Å². The molecule has 0 amide bonds. The van der Waals surface area contributed by atoms with Crippen LogP contribution in [0, 0.1) is 23.7 Å². The smallest absolute Gasteiger partial charge is 0.324 e. The summed E-state index contributed by atoms with van der Waals surface area (Å²) in [5.74, 6) is 1.55. The van der Waals surface area contributed by atoms with Crippen LogP contribution < -0.4 is 0 Å². The van der Waals surface area contributed by atoms with Crippen molar-refractivity contribution in [3.8, 4) is 12.3 Å². The van der Waals surface area contributed by atoms with E-state index in [9.17, 15) is 9.59 Å². The van der Waals surface area contributed by atoms with Gasteiger partial charge in [-0.15, -0.1) is 12.3 Å². The van der Waals surface area contributed by atoms with Crippen molar-refractivity contribution < 1.29 is 23.5 Å². The Morgan fingerprint density at radius 3 is 2.16 bits per heavy atom. The first-order valence-electron chi connectivity index (χ1n) is 8.46. The van der Waals surface area contributed by atoms with Crippen molar-refractivity contribution in [2.75, 3.05) is 14.2 Å². The molecule has 1 aliphatic carbocycles. The lowest BCUT2D eigenvalue weighted by molar-refractivity contribution is -0.172. The molecule has 140 valence electrons. The Hall–Kier alpha value is -1.74. The van der Waals surface area contributed by atoms with Gasteiger partial charge in [0, 0.05) is 18.8 Å². The summed E-state index contributed by atoms with van der Waals surface area (Å²) in [6.07, 6.45) is 8.51. The van der Waals surface area contributed by atoms with Crippen LogP contribution in [0.5, 0.6) is 0 Å². The van der Waals surface area contributed by atoms with Crippen molar-refractivity contribution in [1.82, 2.24) is 0 Å². The predicted octanol–water partition coefficient (Wildman–Crippen LogP) is 3.66. The fourth-order valence-electron chi connectivity index (χ4n) is 2.83. The second kappa shape index (κ2) is 7.65. The fraction of sp³-hybridized carbons (Fsp3) is 0.684. The van der Waals surface area contributed by atoms with Crippen molar-refractivity contribution in [3.05, 3.63) is 11.8 Å². The van der Waals surface area contributed by atoms with Crippen LogP contribution in [0.15, 0.2) is 11.8 Å². The Kier molecular flexibility index (Phi) is 6.52. The van der Waals surface area contributed by atoms with Crippen molar-refractivity contribution in [3.63, 3.8) is 0 Å². The number of esters is 2. The lowest BCUT2D eigenvalue weighted by Crippen LogP contribution is -2.46. The molecule has 0 aromatic rings. The number of hydrogen-bond donors (Lipinski definition) is 0. The monoisotopic (exact) mass is 366 g/mol. The van der Waals surface area contributed by atoms with Crippen molar-refractivity contribution in [2.24, 2.45) is 11.3 Å². The van der Waals surface area contributed by atoms with E-state index in [4.69, 9.17) is 20.3 Å². The van der Waals surface area contributed by atoms with E-state index in [0.717, 1.165) is 5.76 Å². The molecule has 0 heterocycles. The molecule has 0 saturated heterocycles. The Balaban J connectivity index is 3.23. The molecule has 25 heavy (non-hydrogen) atoms. The van der Waals surface area contributed by atoms with Crippen molar-refractivity contribution >= 4 is 20.3 Å². The van der Waals surface area contributed by atoms with Gasteiger partial charge in [-0.2, -0.15) is 0 Å². The zero-order chi connectivity index (χ0) is 19.5. The lowest BCUT2D eigenvalue weighted by Gasteiger charge is -2.37. The zero-order valence-corrected chi connectivity index (χ0v) is 17.4. The summed E-state index contributed by atoms with van der Waals surface area (Å²) < 4.78 is 16.1. The summed E-state index contributed by atoms with van der Waals surface area (Å²) in [6, 6.07) is 0. The van der Waals surface area contributed by atoms with Gasteiger partial charge in [-0.25, -0.2) is 0 Å². The quantitative estimate of drug-likeness (QED) is 0.311. The predicted molar refractivity (Wildman–Crippen MR) is 99.0 cm³/mol. The number of carbonyl (C=O) groups is 2. The third kappa shape index (κ3) is 4.09. The van der Waals surface area contributed by atoms with Gasteiger partial charge < -0.3 is 13.9 Å². The molecule has 0 fully saturated rings. The third-order valence-corrected chi connectivity index (χ3v) is 9.78. The summed E-state index contributed by atoms with van der Waals surface area (Å²) >= 11 is 0. The zero-order valence-electron chi connectivity index (χ0n) is 16.4. The van der Waals surface area contributed by atoms with Crippen LogP contribution in [-0.4, -0.2) is 34.5 Å². The van der Waals surface area contributed by atoms with Crippen LogP contribution in [0.4, 0.5) is 0 Å². The van der Waals surface area contributed by atoms with Gasteiger partial charge >= 0.3 is 11.9 Å². The van der Waals surface area contributed by atoms with E-state index in [1.807, 2.05) is 6.08 Å². The van der Waals surface area contributed by atoms with Gasteiger partial charge in [0.25, 0.3) is 0 Å². The Morgan fingerprint density at radius 1 is 1.24 bits per heavy atom. The van der Waals surface area contributed by atoms with Gasteiger partial charge in [-0.05, 0) is 30.6 Å². The molecule has 0 aromatic carbocycles. The molecular formula is C19H30O5Si. The highest BCUT2D eigenvalue weighted by molar-refractivity contribution is 6.74. The largest absolute Gasteiger partial charge is 0.547 e. The molecule has 0 spiro atoms. The molecule has 1 unspecified atom stereocenters. The van der Waals surface area contributed by atoms with E-state index >= 15 is 0 Å². The summed E-state index contributed by atoms with van der Waals surface area (Å²) in [4.78, 5) is 25.0. The maximum atomic E-state index is 12.5.